The lowest BCUT2D eigenvalue weighted by Gasteiger charge is -2.13. The maximum absolute atomic E-state index is 12.3. The largest absolute Gasteiger partial charge is 0.345 e. The summed E-state index contributed by atoms with van der Waals surface area (Å²) in [7, 11) is 0. The molecule has 3 aromatic rings. The van der Waals surface area contributed by atoms with Crippen molar-refractivity contribution >= 4 is 21.9 Å². The fourth-order valence-electron chi connectivity index (χ4n) is 2.74. The van der Waals surface area contributed by atoms with Crippen LogP contribution in [0.5, 0.6) is 0 Å². The van der Waals surface area contributed by atoms with E-state index in [-0.39, 0.29) is 11.0 Å². The first-order chi connectivity index (χ1) is 9.95. The number of hydrogen-bond acceptors (Lipinski definition) is 3. The van der Waals surface area contributed by atoms with Crippen LogP contribution in [0.15, 0.2) is 17.1 Å². The number of benzene rings is 1. The second-order valence-electron chi connectivity index (χ2n) is 5.42. The van der Waals surface area contributed by atoms with Crippen molar-refractivity contribution < 1.29 is 0 Å². The zero-order valence-electron chi connectivity index (χ0n) is 12.5. The fourth-order valence-corrected chi connectivity index (χ4v) is 2.74. The molecule has 0 aliphatic rings. The number of aromatic nitrogens is 2. The number of hydrogen-bond donors (Lipinski definition) is 1. The lowest BCUT2D eigenvalue weighted by Crippen LogP contribution is -2.09. The summed E-state index contributed by atoms with van der Waals surface area (Å²) in [6, 6.07) is 3.76. The minimum atomic E-state index is -0.268. The van der Waals surface area contributed by atoms with Crippen LogP contribution >= 0.6 is 0 Å². The molecule has 2 heterocycles. The molecule has 1 N–H and O–H groups in total. The molecule has 0 aliphatic carbocycles. The summed E-state index contributed by atoms with van der Waals surface area (Å²) in [5.74, 6) is 0. The van der Waals surface area contributed by atoms with E-state index in [0.29, 0.717) is 11.0 Å². The van der Waals surface area contributed by atoms with Crippen LogP contribution in [0.1, 0.15) is 27.8 Å². The molecule has 0 unspecified atom stereocenters. The van der Waals surface area contributed by atoms with Crippen LogP contribution in [0.3, 0.4) is 0 Å². The van der Waals surface area contributed by atoms with Gasteiger partial charge in [-0.05, 0) is 56.0 Å². The van der Waals surface area contributed by atoms with Crippen LogP contribution < -0.4 is 5.43 Å². The van der Waals surface area contributed by atoms with Crippen LogP contribution in [-0.2, 0) is 0 Å². The van der Waals surface area contributed by atoms with E-state index in [2.05, 4.69) is 23.8 Å². The Labute approximate surface area is 122 Å². The Morgan fingerprint density at radius 1 is 1.05 bits per heavy atom. The molecular weight excluding hydrogens is 262 g/mol. The van der Waals surface area contributed by atoms with E-state index in [1.165, 1.54) is 17.3 Å². The molecule has 0 atom stereocenters. The number of rotatable bonds is 0. The van der Waals surface area contributed by atoms with E-state index < -0.39 is 0 Å². The lowest BCUT2D eigenvalue weighted by molar-refractivity contribution is 1.22. The molecule has 0 spiro atoms. The Morgan fingerprint density at radius 2 is 1.71 bits per heavy atom. The highest BCUT2D eigenvalue weighted by Crippen LogP contribution is 2.29. The van der Waals surface area contributed by atoms with E-state index in [1.54, 1.807) is 0 Å². The molecule has 21 heavy (non-hydrogen) atoms. The van der Waals surface area contributed by atoms with Crippen LogP contribution in [0.2, 0.25) is 0 Å². The van der Waals surface area contributed by atoms with E-state index in [9.17, 15) is 4.79 Å². The van der Waals surface area contributed by atoms with Gasteiger partial charge in [0.1, 0.15) is 17.3 Å². The molecule has 0 radical (unpaired) electrons. The Balaban J connectivity index is 2.60. The summed E-state index contributed by atoms with van der Waals surface area (Å²) in [4.78, 5) is 19.8. The fraction of sp³-hybridized carbons (Fsp3) is 0.235. The second-order valence-corrected chi connectivity index (χ2v) is 5.42. The first-order valence-electron chi connectivity index (χ1n) is 6.78. The van der Waals surface area contributed by atoms with Crippen molar-refractivity contribution in [1.29, 1.82) is 5.26 Å². The van der Waals surface area contributed by atoms with Crippen molar-refractivity contribution in [2.45, 2.75) is 27.7 Å². The Kier molecular flexibility index (Phi) is 2.80. The predicted molar refractivity (Wildman–Crippen MR) is 83.5 cm³/mol. The standard InChI is InChI=1S/C17H15N3O/c1-8-9(2)11(4)15-13(10(8)3)5-14-16(21)12(6-18)7-19-17(14)20-15/h5,7H,1-4H3,(H,19,20,21). The van der Waals surface area contributed by atoms with Crippen molar-refractivity contribution in [2.75, 3.05) is 0 Å². The molecule has 4 nitrogen and oxygen atoms in total. The van der Waals surface area contributed by atoms with Gasteiger partial charge >= 0.3 is 0 Å². The monoisotopic (exact) mass is 277 g/mol. The van der Waals surface area contributed by atoms with E-state index in [1.807, 2.05) is 26.0 Å². The number of nitrogens with zero attached hydrogens (tertiary/aromatic N) is 2. The third-order valence-corrected chi connectivity index (χ3v) is 4.43. The molecule has 2 aromatic heterocycles. The van der Waals surface area contributed by atoms with Gasteiger partial charge in [-0.2, -0.15) is 5.26 Å². The third kappa shape index (κ3) is 1.74. The Bertz CT molecular complexity index is 1010. The highest BCUT2D eigenvalue weighted by atomic mass is 16.1. The average molecular weight is 277 g/mol. The molecule has 0 amide bonds. The van der Waals surface area contributed by atoms with E-state index in [4.69, 9.17) is 5.26 Å². The number of nitriles is 1. The highest BCUT2D eigenvalue weighted by Gasteiger charge is 2.13. The molecular formula is C17H15N3O. The maximum atomic E-state index is 12.3. The highest BCUT2D eigenvalue weighted by molar-refractivity contribution is 5.96. The topological polar surface area (TPSA) is 69.5 Å². The molecule has 0 bridgehead atoms. The summed E-state index contributed by atoms with van der Waals surface area (Å²) in [5.41, 5.74) is 5.97. The molecule has 3 rings (SSSR count). The number of aromatic amines is 1. The second kappa shape index (κ2) is 4.42. The zero-order chi connectivity index (χ0) is 15.3. The molecule has 0 aliphatic heterocycles. The Hall–Kier alpha value is -2.67. The van der Waals surface area contributed by atoms with Gasteiger partial charge in [-0.25, -0.2) is 4.98 Å². The third-order valence-electron chi connectivity index (χ3n) is 4.43. The van der Waals surface area contributed by atoms with Gasteiger partial charge in [-0.1, -0.05) is 0 Å². The maximum Gasteiger partial charge on any atom is 0.208 e. The molecule has 4 heteroatoms. The van der Waals surface area contributed by atoms with Crippen LogP contribution in [0.25, 0.3) is 21.9 Å². The molecule has 0 saturated carbocycles. The quantitative estimate of drug-likeness (QED) is 0.641. The van der Waals surface area contributed by atoms with Crippen molar-refractivity contribution in [3.8, 4) is 6.07 Å². The molecule has 1 aromatic carbocycles. The summed E-state index contributed by atoms with van der Waals surface area (Å²) < 4.78 is 0. The van der Waals surface area contributed by atoms with Crippen molar-refractivity contribution in [2.24, 2.45) is 0 Å². The minimum Gasteiger partial charge on any atom is -0.345 e. The summed E-state index contributed by atoms with van der Waals surface area (Å²) in [5, 5.41) is 10.4. The normalized spacial score (nSPS) is 11.0. The van der Waals surface area contributed by atoms with E-state index in [0.717, 1.165) is 22.0 Å². The van der Waals surface area contributed by atoms with Crippen molar-refractivity contribution in [1.82, 2.24) is 9.97 Å². The van der Waals surface area contributed by atoms with Gasteiger partial charge in [-0.3, -0.25) is 4.79 Å². The van der Waals surface area contributed by atoms with Crippen LogP contribution in [0.4, 0.5) is 0 Å². The number of fused-ring (bicyclic) bond motifs is 2. The molecule has 0 fully saturated rings. The van der Waals surface area contributed by atoms with Gasteiger partial charge in [-0.15, -0.1) is 0 Å². The lowest BCUT2D eigenvalue weighted by atomic mass is 9.94. The number of aryl methyl sites for hydroxylation is 2. The van der Waals surface area contributed by atoms with Crippen LogP contribution in [0, 0.1) is 39.0 Å². The zero-order valence-corrected chi connectivity index (χ0v) is 12.5. The summed E-state index contributed by atoms with van der Waals surface area (Å²) in [6.45, 7) is 8.26. The van der Waals surface area contributed by atoms with E-state index >= 15 is 0 Å². The predicted octanol–water partition coefficient (Wildman–Crippen LogP) is 3.18. The van der Waals surface area contributed by atoms with Gasteiger partial charge in [0, 0.05) is 11.6 Å². The summed E-state index contributed by atoms with van der Waals surface area (Å²) >= 11 is 0. The molecule has 104 valence electrons. The first-order valence-corrected chi connectivity index (χ1v) is 6.78. The average Bonchev–Trinajstić information content (AvgIpc) is 2.50. The SMILES string of the molecule is Cc1c(C)c(C)c2nc3[nH]cc(C#N)c(=O)c3cc2c1C. The Morgan fingerprint density at radius 3 is 2.38 bits per heavy atom. The van der Waals surface area contributed by atoms with Crippen molar-refractivity contribution in [3.05, 3.63) is 50.3 Å². The number of pyridine rings is 2. The number of nitrogens with one attached hydrogen (secondary N) is 1. The van der Waals surface area contributed by atoms with Gasteiger partial charge < -0.3 is 4.98 Å². The van der Waals surface area contributed by atoms with Gasteiger partial charge in [0.25, 0.3) is 0 Å². The summed E-state index contributed by atoms with van der Waals surface area (Å²) in [6.07, 6.45) is 1.42. The molecule has 0 saturated heterocycles. The van der Waals surface area contributed by atoms with Crippen molar-refractivity contribution in [3.63, 3.8) is 0 Å². The number of H-pyrrole nitrogens is 1. The smallest absolute Gasteiger partial charge is 0.208 e. The van der Waals surface area contributed by atoms with Crippen LogP contribution in [-0.4, -0.2) is 9.97 Å². The van der Waals surface area contributed by atoms with Gasteiger partial charge in [0.2, 0.25) is 5.43 Å². The van der Waals surface area contributed by atoms with Gasteiger partial charge in [0.05, 0.1) is 10.9 Å². The van der Waals surface area contributed by atoms with Gasteiger partial charge in [0.15, 0.2) is 0 Å². The first kappa shape index (κ1) is 13.3. The minimum absolute atomic E-state index is 0.113.